The van der Waals surface area contributed by atoms with Gasteiger partial charge in [0, 0.05) is 49.7 Å². The van der Waals surface area contributed by atoms with Gasteiger partial charge < -0.3 is 9.47 Å². The van der Waals surface area contributed by atoms with Crippen LogP contribution in [-0.4, -0.2) is 26.9 Å². The van der Waals surface area contributed by atoms with E-state index in [2.05, 4.69) is 36.4 Å². The van der Waals surface area contributed by atoms with E-state index >= 15 is 8.78 Å². The van der Waals surface area contributed by atoms with Crippen molar-refractivity contribution < 1.29 is 18.3 Å². The largest absolute Gasteiger partial charge is 0.493 e. The molecule has 0 saturated carbocycles. The van der Waals surface area contributed by atoms with Crippen molar-refractivity contribution in [1.82, 2.24) is 13.7 Å². The quantitative estimate of drug-likeness (QED) is 0.0877. The molecule has 0 fully saturated rings. The van der Waals surface area contributed by atoms with Gasteiger partial charge in [0.1, 0.15) is 39.9 Å². The molecule has 51 heavy (non-hydrogen) atoms. The predicted octanol–water partition coefficient (Wildman–Crippen LogP) is 13.3. The van der Waals surface area contributed by atoms with Crippen LogP contribution >= 0.6 is 34.4 Å². The smallest absolute Gasteiger partial charge is 0.135 e. The molecule has 4 aromatic heterocycles. The first-order valence-corrected chi connectivity index (χ1v) is 20.5. The fourth-order valence-corrected chi connectivity index (χ4v) is 8.80. The van der Waals surface area contributed by atoms with Gasteiger partial charge in [0.15, 0.2) is 0 Å². The minimum atomic E-state index is -0.314. The van der Waals surface area contributed by atoms with Crippen molar-refractivity contribution in [2.45, 2.75) is 79.1 Å². The Labute approximate surface area is 312 Å². The lowest BCUT2D eigenvalue weighted by Crippen LogP contribution is -2.11. The van der Waals surface area contributed by atoms with E-state index in [1.54, 1.807) is 18.3 Å². The van der Waals surface area contributed by atoms with Crippen LogP contribution in [0.5, 0.6) is 11.5 Å². The topological polar surface area (TPSA) is 57.1 Å². The summed E-state index contributed by atoms with van der Waals surface area (Å²) in [5, 5.41) is 0. The molecule has 268 valence electrons. The highest BCUT2D eigenvalue weighted by atomic mass is 32.1. The van der Waals surface area contributed by atoms with Crippen LogP contribution < -0.4 is 9.47 Å². The van der Waals surface area contributed by atoms with Crippen molar-refractivity contribution >= 4 is 45.4 Å². The maximum absolute atomic E-state index is 15.3. The minimum absolute atomic E-state index is 0.309. The van der Waals surface area contributed by atoms with Gasteiger partial charge >= 0.3 is 0 Å². The lowest BCUT2D eigenvalue weighted by Gasteiger charge is -2.16. The molecule has 0 bridgehead atoms. The molecule has 0 aliphatic carbocycles. The lowest BCUT2D eigenvalue weighted by molar-refractivity contribution is 0.232. The summed E-state index contributed by atoms with van der Waals surface area (Å²) in [6.07, 6.45) is 10.8. The molecule has 0 aliphatic rings. The molecule has 6 aromatic rings. The average Bonchev–Trinajstić information content (AvgIpc) is 3.94. The van der Waals surface area contributed by atoms with E-state index in [9.17, 15) is 0 Å². The highest BCUT2D eigenvalue weighted by Gasteiger charge is 2.20. The van der Waals surface area contributed by atoms with Crippen LogP contribution in [0.25, 0.3) is 52.9 Å². The summed E-state index contributed by atoms with van der Waals surface area (Å²) in [6, 6.07) is 18.0. The normalized spacial score (nSPS) is 12.7. The van der Waals surface area contributed by atoms with Gasteiger partial charge in [-0.25, -0.2) is 8.78 Å². The van der Waals surface area contributed by atoms with E-state index in [4.69, 9.17) is 14.5 Å². The molecule has 0 aliphatic heterocycles. The Morgan fingerprint density at radius 2 is 1.10 bits per heavy atom. The SMILES string of the molecule is CCCCC(CC)COc1ccc(-c2ccc(-c3cnc(-c4ccc(-c5ccc(OCC(CC)CCCC)cc5F)s4)c4nsnc34)s2)c(F)c1. The van der Waals surface area contributed by atoms with Gasteiger partial charge in [0.2, 0.25) is 0 Å². The van der Waals surface area contributed by atoms with Crippen molar-refractivity contribution in [2.24, 2.45) is 11.8 Å². The molecule has 2 aromatic carbocycles. The second-order valence-electron chi connectivity index (χ2n) is 13.0. The molecule has 2 unspecified atom stereocenters. The first-order valence-electron chi connectivity index (χ1n) is 18.1. The molecule has 4 heterocycles. The second-order valence-corrected chi connectivity index (χ2v) is 15.7. The number of fused-ring (bicyclic) bond motifs is 1. The van der Waals surface area contributed by atoms with Gasteiger partial charge in [-0.3, -0.25) is 4.98 Å². The lowest BCUT2D eigenvalue weighted by atomic mass is 10.0. The number of halogens is 2. The van der Waals surface area contributed by atoms with E-state index in [0.29, 0.717) is 58.9 Å². The predicted molar refractivity (Wildman–Crippen MR) is 210 cm³/mol. The molecule has 0 amide bonds. The number of unbranched alkanes of at least 4 members (excludes halogenated alkanes) is 2. The molecule has 0 radical (unpaired) electrons. The summed E-state index contributed by atoms with van der Waals surface area (Å²) in [6.45, 7) is 9.94. The maximum Gasteiger partial charge on any atom is 0.135 e. The third-order valence-electron chi connectivity index (χ3n) is 9.47. The summed E-state index contributed by atoms with van der Waals surface area (Å²) in [5.41, 5.74) is 4.03. The monoisotopic (exact) mass is 745 g/mol. The molecule has 0 saturated heterocycles. The number of ether oxygens (including phenoxy) is 2. The third kappa shape index (κ3) is 8.84. The van der Waals surface area contributed by atoms with Gasteiger partial charge in [-0.15, -0.1) is 22.7 Å². The van der Waals surface area contributed by atoms with Crippen LogP contribution in [0.4, 0.5) is 8.78 Å². The van der Waals surface area contributed by atoms with Crippen molar-refractivity contribution in [2.75, 3.05) is 13.2 Å². The molecule has 2 atom stereocenters. The Kier molecular flexibility index (Phi) is 12.8. The van der Waals surface area contributed by atoms with Crippen molar-refractivity contribution in [3.8, 4) is 53.4 Å². The van der Waals surface area contributed by atoms with Crippen LogP contribution in [-0.2, 0) is 0 Å². The number of aromatic nitrogens is 3. The maximum atomic E-state index is 15.3. The Hall–Kier alpha value is -3.73. The van der Waals surface area contributed by atoms with Crippen molar-refractivity contribution in [3.63, 3.8) is 0 Å². The number of hydrogen-bond acceptors (Lipinski definition) is 8. The number of nitrogens with zero attached hydrogens (tertiary/aromatic N) is 3. The zero-order valence-electron chi connectivity index (χ0n) is 29.7. The number of thiophene rings is 2. The van der Waals surface area contributed by atoms with Crippen LogP contribution in [0, 0.1) is 23.5 Å². The van der Waals surface area contributed by atoms with Crippen LogP contribution in [0.2, 0.25) is 0 Å². The van der Waals surface area contributed by atoms with Crippen LogP contribution in [0.3, 0.4) is 0 Å². The van der Waals surface area contributed by atoms with E-state index < -0.39 is 0 Å². The fraction of sp³-hybridized carbons (Fsp3) is 0.390. The molecular formula is C41H45F2N3O2S3. The Morgan fingerprint density at radius 3 is 1.61 bits per heavy atom. The molecule has 10 heteroatoms. The second kappa shape index (κ2) is 17.7. The average molecular weight is 746 g/mol. The van der Waals surface area contributed by atoms with Gasteiger partial charge in [-0.05, 0) is 73.2 Å². The standard InChI is InChI=1S/C41H45F2N3O2S3/c1-5-9-11-26(7-3)24-47-28-13-15-30(33(42)21-28)35-17-18-37(49-35)32-23-44-40(41-39(32)45-51-46-41)38-20-19-36(50-38)31-16-14-29(22-34(31)43)48-25-27(8-4)12-10-6-2/h13-23,26-27H,5-12,24-25H2,1-4H3. The number of pyridine rings is 1. The number of benzene rings is 2. The molecule has 6 rings (SSSR count). The van der Waals surface area contributed by atoms with Gasteiger partial charge in [-0.2, -0.15) is 8.75 Å². The van der Waals surface area contributed by atoms with Crippen molar-refractivity contribution in [1.29, 1.82) is 0 Å². The van der Waals surface area contributed by atoms with Crippen molar-refractivity contribution in [3.05, 3.63) is 78.5 Å². The summed E-state index contributed by atoms with van der Waals surface area (Å²) in [4.78, 5) is 8.24. The summed E-state index contributed by atoms with van der Waals surface area (Å²) < 4.78 is 51.9. The minimum Gasteiger partial charge on any atom is -0.493 e. The molecule has 0 N–H and O–H groups in total. The first-order chi connectivity index (χ1) is 24.9. The van der Waals surface area contributed by atoms with Gasteiger partial charge in [-0.1, -0.05) is 66.2 Å². The zero-order valence-corrected chi connectivity index (χ0v) is 32.2. The van der Waals surface area contributed by atoms with Crippen LogP contribution in [0.1, 0.15) is 79.1 Å². The molecular weight excluding hydrogens is 701 g/mol. The number of rotatable bonds is 18. The van der Waals surface area contributed by atoms with Gasteiger partial charge in [0.25, 0.3) is 0 Å². The van der Waals surface area contributed by atoms with Crippen LogP contribution in [0.15, 0.2) is 66.9 Å². The summed E-state index contributed by atoms with van der Waals surface area (Å²) in [5.74, 6) is 1.44. The van der Waals surface area contributed by atoms with E-state index in [1.807, 2.05) is 36.4 Å². The highest BCUT2D eigenvalue weighted by molar-refractivity contribution is 7.19. The summed E-state index contributed by atoms with van der Waals surface area (Å²) >= 11 is 4.09. The first kappa shape index (κ1) is 37.0. The molecule has 0 spiro atoms. The zero-order chi connectivity index (χ0) is 35.7. The van der Waals surface area contributed by atoms with E-state index in [-0.39, 0.29) is 11.6 Å². The Balaban J connectivity index is 1.17. The Bertz CT molecular complexity index is 1900. The third-order valence-corrected chi connectivity index (χ3v) is 12.3. The Morgan fingerprint density at radius 1 is 0.608 bits per heavy atom. The van der Waals surface area contributed by atoms with E-state index in [1.165, 1.54) is 47.6 Å². The fourth-order valence-electron chi connectivity index (χ4n) is 6.17. The van der Waals surface area contributed by atoms with E-state index in [0.717, 1.165) is 80.8 Å². The highest BCUT2D eigenvalue weighted by Crippen LogP contribution is 2.42. The number of hydrogen-bond donors (Lipinski definition) is 0. The summed E-state index contributed by atoms with van der Waals surface area (Å²) in [7, 11) is 0. The molecule has 5 nitrogen and oxygen atoms in total. The van der Waals surface area contributed by atoms with Gasteiger partial charge in [0.05, 0.1) is 29.8 Å².